The molecule has 2 aliphatic heterocycles. The number of fused-ring (bicyclic) bond motifs is 1. The third-order valence-corrected chi connectivity index (χ3v) is 11.4. The van der Waals surface area contributed by atoms with E-state index in [-0.39, 0.29) is 17.1 Å². The number of nitrogens with zero attached hydrogens (tertiary/aromatic N) is 3. The molecule has 1 saturated heterocycles. The molecule has 1 fully saturated rings. The lowest BCUT2D eigenvalue weighted by atomic mass is 9.77. The molecule has 15 heteroatoms. The Morgan fingerprint density at radius 1 is 0.912 bits per heavy atom. The molecule has 13 nitrogen and oxygen atoms in total. The van der Waals surface area contributed by atoms with Crippen molar-refractivity contribution in [2.45, 2.75) is 69.7 Å². The molecule has 2 amide bonds. The molecule has 0 radical (unpaired) electrons. The van der Waals surface area contributed by atoms with Gasteiger partial charge in [-0.3, -0.25) is 14.5 Å². The van der Waals surface area contributed by atoms with E-state index in [4.69, 9.17) is 14.6 Å². The summed E-state index contributed by atoms with van der Waals surface area (Å²) in [6.07, 6.45) is 0. The van der Waals surface area contributed by atoms with E-state index in [1.54, 1.807) is 26.2 Å². The maximum Gasteiger partial charge on any atom is 0.353 e. The van der Waals surface area contributed by atoms with Crippen molar-refractivity contribution in [2.75, 3.05) is 24.2 Å². The van der Waals surface area contributed by atoms with Crippen LogP contribution in [0.2, 0.25) is 0 Å². The number of carboxylic acid groups (broad SMARTS) is 1. The molecule has 0 spiro atoms. The maximum absolute atomic E-state index is 14.3. The number of aliphatic carboxylic acids is 1. The van der Waals surface area contributed by atoms with Gasteiger partial charge in [-0.1, -0.05) is 103 Å². The van der Waals surface area contributed by atoms with Gasteiger partial charge >= 0.3 is 11.9 Å². The topological polar surface area (TPSA) is 172 Å². The summed E-state index contributed by atoms with van der Waals surface area (Å²) in [5.41, 5.74) is -0.219. The molecule has 2 aliphatic rings. The van der Waals surface area contributed by atoms with Crippen LogP contribution in [0.25, 0.3) is 0 Å². The fourth-order valence-electron chi connectivity index (χ4n) is 6.49. The van der Waals surface area contributed by atoms with E-state index in [0.29, 0.717) is 29.5 Å². The third kappa shape index (κ3) is 8.75. The summed E-state index contributed by atoms with van der Waals surface area (Å²) in [6.45, 7) is 11.0. The van der Waals surface area contributed by atoms with E-state index in [0.717, 1.165) is 16.7 Å². The third-order valence-electron chi connectivity index (χ3n) is 9.26. The van der Waals surface area contributed by atoms with Gasteiger partial charge in [-0.05, 0) is 63.4 Å². The summed E-state index contributed by atoms with van der Waals surface area (Å²) < 4.78 is 5.55. The average molecular weight is 811 g/mol. The quantitative estimate of drug-likeness (QED) is 0.0380. The number of amides is 2. The highest BCUT2D eigenvalue weighted by atomic mass is 32.2. The largest absolute Gasteiger partial charge is 0.477 e. The number of nitrogens with one attached hydrogen (secondary N) is 3. The summed E-state index contributed by atoms with van der Waals surface area (Å²) in [7, 11) is 0. The van der Waals surface area contributed by atoms with Crippen LogP contribution >= 0.6 is 23.1 Å². The predicted octanol–water partition coefficient (Wildman–Crippen LogP) is 5.74. The van der Waals surface area contributed by atoms with E-state index in [1.807, 2.05) is 97.9 Å². The smallest absolute Gasteiger partial charge is 0.353 e. The first-order valence-corrected chi connectivity index (χ1v) is 20.4. The number of benzene rings is 3. The number of hydrogen-bond donors (Lipinski definition) is 4. The zero-order chi connectivity index (χ0) is 41.0. The van der Waals surface area contributed by atoms with Crippen molar-refractivity contribution in [1.29, 1.82) is 0 Å². The number of aromatic nitrogens is 1. The van der Waals surface area contributed by atoms with Crippen molar-refractivity contribution in [3.05, 3.63) is 130 Å². The second-order valence-corrected chi connectivity index (χ2v) is 16.9. The van der Waals surface area contributed by atoms with Crippen LogP contribution in [0.3, 0.4) is 0 Å². The zero-order valence-corrected chi connectivity index (χ0v) is 34.2. The van der Waals surface area contributed by atoms with Gasteiger partial charge in [0.1, 0.15) is 33.9 Å². The molecule has 0 bridgehead atoms. The van der Waals surface area contributed by atoms with E-state index in [9.17, 15) is 24.3 Å². The van der Waals surface area contributed by atoms with E-state index < -0.39 is 51.9 Å². The van der Waals surface area contributed by atoms with Gasteiger partial charge in [0.15, 0.2) is 10.8 Å². The van der Waals surface area contributed by atoms with Gasteiger partial charge in [0.25, 0.3) is 11.8 Å². The monoisotopic (exact) mass is 810 g/mol. The molecule has 2 atom stereocenters. The molecule has 57 heavy (non-hydrogen) atoms. The zero-order valence-electron chi connectivity index (χ0n) is 32.6. The lowest BCUT2D eigenvalue weighted by Gasteiger charge is -2.49. The molecule has 6 rings (SSSR count). The van der Waals surface area contributed by atoms with Crippen LogP contribution in [0.1, 0.15) is 63.9 Å². The minimum Gasteiger partial charge on any atom is -0.477 e. The number of thioether (sulfide) groups is 1. The van der Waals surface area contributed by atoms with E-state index in [2.05, 4.69) is 21.1 Å². The standard InChI is InChI=1S/C42H46N6O7S2/c1-7-43-23-26-24-56-36-32(35(50)48(36)33(26)37(51)52)45-34(49)31(47-55-41(5,6)38(53)54-40(2,3)4)30-25-57-39(44-30)46-42(27-17-11-8-12-18-27,28-19-13-9-14-20-28)29-21-15-10-16-22-29/h8-22,25,32,36,43H,7,23-24H2,1-6H3,(H,44,46)(H,45,49)(H,51,52)/t32?,36-/m0/s1. The summed E-state index contributed by atoms with van der Waals surface area (Å²) in [5.74, 6) is -2.93. The van der Waals surface area contributed by atoms with Gasteiger partial charge in [-0.2, -0.15) is 0 Å². The van der Waals surface area contributed by atoms with E-state index >= 15 is 0 Å². The Kier molecular flexibility index (Phi) is 12.2. The number of β-lactam (4-membered cyclic amide) rings is 1. The van der Waals surface area contributed by atoms with Crippen molar-refractivity contribution < 1.29 is 33.9 Å². The lowest BCUT2D eigenvalue weighted by molar-refractivity contribution is -0.179. The Labute approximate surface area is 339 Å². The van der Waals surface area contributed by atoms with Crippen LogP contribution in [-0.4, -0.2) is 85.9 Å². The summed E-state index contributed by atoms with van der Waals surface area (Å²) in [6, 6.07) is 28.8. The molecule has 3 aromatic carbocycles. The molecule has 3 heterocycles. The van der Waals surface area contributed by atoms with Crippen LogP contribution in [0, 0.1) is 0 Å². The first kappa shape index (κ1) is 41.1. The number of carboxylic acids is 1. The number of carbonyl (C=O) groups is 4. The molecular formula is C42H46N6O7S2. The normalized spacial score (nSPS) is 17.3. The molecule has 0 aliphatic carbocycles. The number of anilines is 1. The second kappa shape index (κ2) is 16.9. The number of thiazole rings is 1. The molecule has 1 unspecified atom stereocenters. The molecule has 0 saturated carbocycles. The summed E-state index contributed by atoms with van der Waals surface area (Å²) in [4.78, 5) is 65.1. The summed E-state index contributed by atoms with van der Waals surface area (Å²) in [5, 5.41) is 25.2. The minimum absolute atomic E-state index is 0.0829. The van der Waals surface area contributed by atoms with Crippen molar-refractivity contribution in [3.8, 4) is 0 Å². The molecule has 298 valence electrons. The van der Waals surface area contributed by atoms with E-state index in [1.165, 1.54) is 41.8 Å². The highest BCUT2D eigenvalue weighted by molar-refractivity contribution is 8.00. The van der Waals surface area contributed by atoms with Gasteiger partial charge in [0.05, 0.1) is 0 Å². The van der Waals surface area contributed by atoms with Gasteiger partial charge < -0.3 is 30.6 Å². The number of rotatable bonds is 15. The Morgan fingerprint density at radius 3 is 1.98 bits per heavy atom. The Morgan fingerprint density at radius 2 is 1.47 bits per heavy atom. The molecule has 1 aromatic heterocycles. The highest BCUT2D eigenvalue weighted by Crippen LogP contribution is 2.42. The SMILES string of the molecule is CCNCC1=C(C(=O)O)N2C(=O)C(NC(=O)C(=NOC(C)(C)C(=O)OC(C)(C)C)c3csc(NC(c4ccccc4)(c4ccccc4)c4ccccc4)n3)[C@@H]2SC1. The average Bonchev–Trinajstić information content (AvgIpc) is 3.65. The van der Waals surface area contributed by atoms with Gasteiger partial charge in [0.2, 0.25) is 5.60 Å². The van der Waals surface area contributed by atoms with Crippen molar-refractivity contribution in [1.82, 2.24) is 20.5 Å². The summed E-state index contributed by atoms with van der Waals surface area (Å²) >= 11 is 2.59. The molecule has 4 aromatic rings. The fraction of sp³-hybridized carbons (Fsp3) is 0.333. The van der Waals surface area contributed by atoms with Crippen LogP contribution in [-0.2, 0) is 34.3 Å². The predicted molar refractivity (Wildman–Crippen MR) is 221 cm³/mol. The van der Waals surface area contributed by atoms with Crippen LogP contribution < -0.4 is 16.0 Å². The number of oxime groups is 1. The van der Waals surface area contributed by atoms with Crippen LogP contribution in [0.5, 0.6) is 0 Å². The first-order valence-electron chi connectivity index (χ1n) is 18.5. The number of carbonyl (C=O) groups excluding carboxylic acids is 3. The first-order chi connectivity index (χ1) is 27.2. The van der Waals surface area contributed by atoms with Crippen molar-refractivity contribution >= 4 is 57.7 Å². The van der Waals surface area contributed by atoms with Crippen molar-refractivity contribution in [2.24, 2.45) is 5.16 Å². The minimum atomic E-state index is -1.62. The number of hydrogen-bond acceptors (Lipinski definition) is 12. The highest BCUT2D eigenvalue weighted by Gasteiger charge is 2.54. The van der Waals surface area contributed by atoms with Gasteiger partial charge in [0, 0.05) is 17.7 Å². The van der Waals surface area contributed by atoms with Gasteiger partial charge in [-0.15, -0.1) is 23.1 Å². The number of esters is 1. The Hall–Kier alpha value is -5.51. The number of ether oxygens (including phenoxy) is 1. The maximum atomic E-state index is 14.3. The molecule has 4 N–H and O–H groups in total. The fourth-order valence-corrected chi connectivity index (χ4v) is 8.59. The van der Waals surface area contributed by atoms with Crippen LogP contribution in [0.15, 0.2) is 113 Å². The van der Waals surface area contributed by atoms with Crippen molar-refractivity contribution in [3.63, 3.8) is 0 Å². The Balaban J connectivity index is 1.36. The Bertz CT molecular complexity index is 2070. The second-order valence-electron chi connectivity index (χ2n) is 15.0. The molecular weight excluding hydrogens is 765 g/mol. The lowest BCUT2D eigenvalue weighted by Crippen LogP contribution is -2.71. The van der Waals surface area contributed by atoms with Gasteiger partial charge in [-0.25, -0.2) is 14.6 Å². The van der Waals surface area contributed by atoms with Crippen LogP contribution in [0.4, 0.5) is 5.13 Å². The number of likely N-dealkylation sites (N-methyl/N-ethyl adjacent to an activating group) is 1.